The monoisotopic (exact) mass is 238 g/mol. The molecule has 0 aliphatic carbocycles. The molecule has 0 saturated heterocycles. The second-order valence-electron chi connectivity index (χ2n) is 4.44. The van der Waals surface area contributed by atoms with E-state index in [0.29, 0.717) is 6.42 Å². The highest BCUT2D eigenvalue weighted by Crippen LogP contribution is 2.26. The van der Waals surface area contributed by atoms with Gasteiger partial charge in [0.05, 0.1) is 6.42 Å². The topological polar surface area (TPSA) is 41.1 Å². The molecule has 3 rings (SSSR count). The molecule has 0 radical (unpaired) electrons. The van der Waals surface area contributed by atoms with E-state index in [1.54, 1.807) is 0 Å². The number of amides is 1. The molecule has 3 nitrogen and oxygen atoms in total. The van der Waals surface area contributed by atoms with Gasteiger partial charge in [0, 0.05) is 17.9 Å². The SMILES string of the molecule is O=C1Cc2cc(NCc3ccccc3)ccc2N1. The Morgan fingerprint density at radius 1 is 1.11 bits per heavy atom. The number of anilines is 2. The van der Waals surface area contributed by atoms with Gasteiger partial charge in [-0.2, -0.15) is 0 Å². The molecule has 1 aliphatic rings. The average Bonchev–Trinajstić information content (AvgIpc) is 2.77. The summed E-state index contributed by atoms with van der Waals surface area (Å²) in [4.78, 5) is 11.3. The summed E-state index contributed by atoms with van der Waals surface area (Å²) in [6, 6.07) is 16.2. The molecule has 0 unspecified atom stereocenters. The minimum atomic E-state index is 0.0743. The van der Waals surface area contributed by atoms with Crippen molar-refractivity contribution in [2.75, 3.05) is 10.6 Å². The molecule has 0 saturated carbocycles. The Hall–Kier alpha value is -2.29. The fourth-order valence-electron chi connectivity index (χ4n) is 2.14. The molecule has 18 heavy (non-hydrogen) atoms. The fraction of sp³-hybridized carbons (Fsp3) is 0.133. The van der Waals surface area contributed by atoms with Gasteiger partial charge in [-0.15, -0.1) is 0 Å². The molecule has 0 bridgehead atoms. The van der Waals surface area contributed by atoms with Crippen molar-refractivity contribution in [2.24, 2.45) is 0 Å². The van der Waals surface area contributed by atoms with Gasteiger partial charge in [0.25, 0.3) is 0 Å². The highest BCUT2D eigenvalue weighted by molar-refractivity contribution is 5.99. The summed E-state index contributed by atoms with van der Waals surface area (Å²) in [5, 5.41) is 6.20. The summed E-state index contributed by atoms with van der Waals surface area (Å²) in [6.07, 6.45) is 0.482. The van der Waals surface area contributed by atoms with Crippen molar-refractivity contribution >= 4 is 17.3 Å². The Morgan fingerprint density at radius 3 is 2.78 bits per heavy atom. The zero-order valence-corrected chi connectivity index (χ0v) is 9.94. The molecule has 2 aromatic rings. The lowest BCUT2D eigenvalue weighted by Crippen LogP contribution is -2.03. The number of hydrogen-bond donors (Lipinski definition) is 2. The van der Waals surface area contributed by atoms with Gasteiger partial charge in [0.2, 0.25) is 5.91 Å². The summed E-state index contributed by atoms with van der Waals surface area (Å²) in [5.41, 5.74) is 4.30. The van der Waals surface area contributed by atoms with Crippen molar-refractivity contribution in [3.63, 3.8) is 0 Å². The minimum absolute atomic E-state index is 0.0743. The van der Waals surface area contributed by atoms with Crippen LogP contribution in [0.1, 0.15) is 11.1 Å². The molecule has 1 aliphatic heterocycles. The Kier molecular flexibility index (Phi) is 2.73. The molecular formula is C15H14N2O. The summed E-state index contributed by atoms with van der Waals surface area (Å²) in [7, 11) is 0. The van der Waals surface area contributed by atoms with E-state index in [2.05, 4.69) is 22.8 Å². The lowest BCUT2D eigenvalue weighted by atomic mass is 10.1. The molecule has 0 atom stereocenters. The van der Waals surface area contributed by atoms with Crippen molar-refractivity contribution in [2.45, 2.75) is 13.0 Å². The standard InChI is InChI=1S/C15H14N2O/c18-15-9-12-8-13(6-7-14(12)17-15)16-10-11-4-2-1-3-5-11/h1-8,16H,9-10H2,(H,17,18). The third kappa shape index (κ3) is 2.20. The Morgan fingerprint density at radius 2 is 1.94 bits per heavy atom. The predicted octanol–water partition coefficient (Wildman–Crippen LogP) is 2.79. The summed E-state index contributed by atoms with van der Waals surface area (Å²) < 4.78 is 0. The van der Waals surface area contributed by atoms with Crippen LogP contribution in [0.5, 0.6) is 0 Å². The second kappa shape index (κ2) is 4.53. The fourth-order valence-corrected chi connectivity index (χ4v) is 2.14. The number of hydrogen-bond acceptors (Lipinski definition) is 2. The van der Waals surface area contributed by atoms with Crippen LogP contribution in [0, 0.1) is 0 Å². The molecule has 0 spiro atoms. The van der Waals surface area contributed by atoms with E-state index < -0.39 is 0 Å². The van der Waals surface area contributed by atoms with Crippen LogP contribution in [0.15, 0.2) is 48.5 Å². The highest BCUT2D eigenvalue weighted by atomic mass is 16.1. The first-order valence-corrected chi connectivity index (χ1v) is 6.02. The maximum absolute atomic E-state index is 11.3. The molecule has 1 amide bonds. The minimum Gasteiger partial charge on any atom is -0.381 e. The van der Waals surface area contributed by atoms with E-state index in [1.165, 1.54) is 5.56 Å². The maximum Gasteiger partial charge on any atom is 0.228 e. The van der Waals surface area contributed by atoms with Crippen LogP contribution >= 0.6 is 0 Å². The van der Waals surface area contributed by atoms with Crippen LogP contribution in [0.4, 0.5) is 11.4 Å². The molecule has 2 aromatic carbocycles. The van der Waals surface area contributed by atoms with Crippen LogP contribution in [0.25, 0.3) is 0 Å². The smallest absolute Gasteiger partial charge is 0.228 e. The van der Waals surface area contributed by atoms with E-state index in [4.69, 9.17) is 0 Å². The first kappa shape index (κ1) is 10.8. The van der Waals surface area contributed by atoms with Crippen molar-refractivity contribution < 1.29 is 4.79 Å². The zero-order chi connectivity index (χ0) is 12.4. The molecule has 1 heterocycles. The molecule has 2 N–H and O–H groups in total. The highest BCUT2D eigenvalue weighted by Gasteiger charge is 2.17. The van der Waals surface area contributed by atoms with Crippen LogP contribution in [-0.2, 0) is 17.8 Å². The second-order valence-corrected chi connectivity index (χ2v) is 4.44. The first-order chi connectivity index (χ1) is 8.81. The third-order valence-electron chi connectivity index (χ3n) is 3.07. The van der Waals surface area contributed by atoms with Crippen LogP contribution in [0.2, 0.25) is 0 Å². The van der Waals surface area contributed by atoms with E-state index in [-0.39, 0.29) is 5.91 Å². The number of fused-ring (bicyclic) bond motifs is 1. The van der Waals surface area contributed by atoms with Gasteiger partial charge < -0.3 is 10.6 Å². The third-order valence-corrected chi connectivity index (χ3v) is 3.07. The largest absolute Gasteiger partial charge is 0.381 e. The van der Waals surface area contributed by atoms with Crippen molar-refractivity contribution in [3.05, 3.63) is 59.7 Å². The van der Waals surface area contributed by atoms with Gasteiger partial charge >= 0.3 is 0 Å². The molecular weight excluding hydrogens is 224 g/mol. The van der Waals surface area contributed by atoms with Crippen molar-refractivity contribution in [1.29, 1.82) is 0 Å². The zero-order valence-electron chi connectivity index (χ0n) is 9.94. The van der Waals surface area contributed by atoms with Gasteiger partial charge in [-0.1, -0.05) is 30.3 Å². The lowest BCUT2D eigenvalue weighted by molar-refractivity contribution is -0.115. The molecule has 90 valence electrons. The summed E-state index contributed by atoms with van der Waals surface area (Å²) in [5.74, 6) is 0.0743. The van der Waals surface area contributed by atoms with E-state index in [1.807, 2.05) is 36.4 Å². The van der Waals surface area contributed by atoms with Crippen molar-refractivity contribution in [3.8, 4) is 0 Å². The Balaban J connectivity index is 1.71. The van der Waals surface area contributed by atoms with E-state index in [0.717, 1.165) is 23.5 Å². The number of benzene rings is 2. The molecule has 0 fully saturated rings. The van der Waals surface area contributed by atoms with Crippen LogP contribution in [0.3, 0.4) is 0 Å². The summed E-state index contributed by atoms with van der Waals surface area (Å²) in [6.45, 7) is 0.793. The molecule has 3 heteroatoms. The van der Waals surface area contributed by atoms with Gasteiger partial charge in [0.1, 0.15) is 0 Å². The van der Waals surface area contributed by atoms with Gasteiger partial charge in [0.15, 0.2) is 0 Å². The van der Waals surface area contributed by atoms with Crippen molar-refractivity contribution in [1.82, 2.24) is 0 Å². The molecule has 0 aromatic heterocycles. The van der Waals surface area contributed by atoms with Crippen LogP contribution < -0.4 is 10.6 Å². The average molecular weight is 238 g/mol. The van der Waals surface area contributed by atoms with Gasteiger partial charge in [-0.25, -0.2) is 0 Å². The van der Waals surface area contributed by atoms with Gasteiger partial charge in [-0.05, 0) is 29.3 Å². The first-order valence-electron chi connectivity index (χ1n) is 6.02. The van der Waals surface area contributed by atoms with Gasteiger partial charge in [-0.3, -0.25) is 4.79 Å². The van der Waals surface area contributed by atoms with Crippen LogP contribution in [-0.4, -0.2) is 5.91 Å². The normalized spacial score (nSPS) is 13.0. The van der Waals surface area contributed by atoms with E-state index >= 15 is 0 Å². The number of carbonyl (C=O) groups is 1. The quantitative estimate of drug-likeness (QED) is 0.863. The Bertz CT molecular complexity index is 578. The maximum atomic E-state index is 11.3. The number of nitrogens with one attached hydrogen (secondary N) is 2. The lowest BCUT2D eigenvalue weighted by Gasteiger charge is -2.08. The number of carbonyl (C=O) groups excluding carboxylic acids is 1. The number of rotatable bonds is 3. The summed E-state index contributed by atoms with van der Waals surface area (Å²) >= 11 is 0. The Labute approximate surface area is 106 Å². The van der Waals surface area contributed by atoms with E-state index in [9.17, 15) is 4.79 Å². The predicted molar refractivity (Wildman–Crippen MR) is 72.5 cm³/mol.